The molecule has 1 saturated heterocycles. The molecule has 1 N–H and O–H groups in total. The lowest BCUT2D eigenvalue weighted by Crippen LogP contribution is -2.49. The number of anilines is 1. The molecule has 3 heteroatoms. The highest BCUT2D eigenvalue weighted by atomic mass is 15.3. The Hall–Kier alpha value is -2.52. The number of H-pyrrole nitrogens is 1. The van der Waals surface area contributed by atoms with Crippen LogP contribution in [0.5, 0.6) is 0 Å². The number of aromatic nitrogens is 1. The Morgan fingerprint density at radius 1 is 1.06 bits per heavy atom. The van der Waals surface area contributed by atoms with Gasteiger partial charge >= 0.3 is 0 Å². The summed E-state index contributed by atoms with van der Waals surface area (Å²) in [5.41, 5.74) is 7.40. The molecule has 3 aliphatic rings. The van der Waals surface area contributed by atoms with Gasteiger partial charge in [-0.05, 0) is 80.7 Å². The van der Waals surface area contributed by atoms with E-state index in [4.69, 9.17) is 0 Å². The zero-order valence-electron chi connectivity index (χ0n) is 20.2. The monoisotopic (exact) mass is 439 g/mol. The number of allylic oxidation sites excluding steroid dienone is 1. The van der Waals surface area contributed by atoms with Gasteiger partial charge in [0.05, 0.1) is 6.04 Å². The van der Waals surface area contributed by atoms with Crippen molar-refractivity contribution in [3.63, 3.8) is 0 Å². The molecule has 2 aliphatic heterocycles. The van der Waals surface area contributed by atoms with Crippen LogP contribution in [-0.2, 0) is 6.42 Å². The standard InChI is InChI=1S/C30H37N3/c1-4-22-14-18-32(19-15-22)24-12-10-23(11-13-24)29-28-26(25-8-6-7-9-27(25)31-28)20-21(3)33(29)30(5-2)16-17-30/h4,6-13,21-22,29,31H,1,5,14-20H2,2-3H3/t21-,29?/m1/s1. The van der Waals surface area contributed by atoms with Crippen molar-refractivity contribution in [2.75, 3.05) is 18.0 Å². The summed E-state index contributed by atoms with van der Waals surface area (Å²) in [6.07, 6.45) is 9.60. The van der Waals surface area contributed by atoms with Crippen LogP contribution >= 0.6 is 0 Å². The Bertz CT molecular complexity index is 1150. The number of fused-ring (bicyclic) bond motifs is 3. The molecule has 6 rings (SSSR count). The van der Waals surface area contributed by atoms with Gasteiger partial charge in [-0.15, -0.1) is 6.58 Å². The normalized spacial score (nSPS) is 25.2. The lowest BCUT2D eigenvalue weighted by molar-refractivity contribution is 0.0720. The minimum atomic E-state index is 0.305. The third kappa shape index (κ3) is 3.44. The van der Waals surface area contributed by atoms with E-state index in [1.165, 1.54) is 65.5 Å². The zero-order chi connectivity index (χ0) is 22.6. The van der Waals surface area contributed by atoms with Gasteiger partial charge in [-0.1, -0.05) is 43.3 Å². The van der Waals surface area contributed by atoms with Crippen LogP contribution in [0.4, 0.5) is 5.69 Å². The molecule has 2 fully saturated rings. The van der Waals surface area contributed by atoms with E-state index in [0.29, 0.717) is 23.5 Å². The Labute approximate surface area is 198 Å². The molecule has 33 heavy (non-hydrogen) atoms. The lowest BCUT2D eigenvalue weighted by atomic mass is 9.86. The first-order chi connectivity index (χ1) is 16.1. The van der Waals surface area contributed by atoms with Crippen molar-refractivity contribution in [1.82, 2.24) is 9.88 Å². The van der Waals surface area contributed by atoms with E-state index in [1.54, 1.807) is 0 Å². The van der Waals surface area contributed by atoms with Crippen LogP contribution in [0, 0.1) is 5.92 Å². The summed E-state index contributed by atoms with van der Waals surface area (Å²) < 4.78 is 0. The molecule has 0 bridgehead atoms. The van der Waals surface area contributed by atoms with Gasteiger partial charge < -0.3 is 9.88 Å². The summed E-state index contributed by atoms with van der Waals surface area (Å²) in [6, 6.07) is 19.3. The van der Waals surface area contributed by atoms with Gasteiger partial charge in [0.1, 0.15) is 0 Å². The maximum Gasteiger partial charge on any atom is 0.0764 e. The minimum Gasteiger partial charge on any atom is -0.371 e. The molecule has 0 radical (unpaired) electrons. The summed E-state index contributed by atoms with van der Waals surface area (Å²) in [5, 5.41) is 1.41. The largest absolute Gasteiger partial charge is 0.371 e. The second kappa shape index (κ2) is 8.06. The van der Waals surface area contributed by atoms with E-state index in [9.17, 15) is 0 Å². The number of benzene rings is 2. The molecule has 1 saturated carbocycles. The molecule has 1 aliphatic carbocycles. The Kier molecular flexibility index (Phi) is 5.14. The molecule has 3 aromatic rings. The first kappa shape index (κ1) is 21.0. The summed E-state index contributed by atoms with van der Waals surface area (Å²) in [5.74, 6) is 0.682. The number of hydrogen-bond donors (Lipinski definition) is 1. The molecule has 3 nitrogen and oxygen atoms in total. The predicted molar refractivity (Wildman–Crippen MR) is 139 cm³/mol. The van der Waals surface area contributed by atoms with Gasteiger partial charge in [-0.2, -0.15) is 0 Å². The Morgan fingerprint density at radius 2 is 1.79 bits per heavy atom. The minimum absolute atomic E-state index is 0.305. The van der Waals surface area contributed by atoms with Gasteiger partial charge in [0.2, 0.25) is 0 Å². The fraction of sp³-hybridized carbons (Fsp3) is 0.467. The lowest BCUT2D eigenvalue weighted by Gasteiger charge is -2.46. The number of para-hydroxylation sites is 1. The molecule has 0 spiro atoms. The van der Waals surface area contributed by atoms with Crippen molar-refractivity contribution in [3.05, 3.63) is 78.0 Å². The van der Waals surface area contributed by atoms with E-state index in [1.807, 2.05) is 0 Å². The Balaban J connectivity index is 1.39. The maximum absolute atomic E-state index is 4.00. The number of hydrogen-bond acceptors (Lipinski definition) is 2. The Morgan fingerprint density at radius 3 is 2.45 bits per heavy atom. The van der Waals surface area contributed by atoms with Crippen LogP contribution in [0.3, 0.4) is 0 Å². The third-order valence-corrected chi connectivity index (χ3v) is 8.85. The summed E-state index contributed by atoms with van der Waals surface area (Å²) in [4.78, 5) is 9.29. The molecule has 1 unspecified atom stereocenters. The highest BCUT2D eigenvalue weighted by molar-refractivity contribution is 5.85. The van der Waals surface area contributed by atoms with Crippen LogP contribution in [0.1, 0.15) is 68.8 Å². The molecule has 2 aromatic carbocycles. The van der Waals surface area contributed by atoms with Crippen molar-refractivity contribution < 1.29 is 0 Å². The van der Waals surface area contributed by atoms with Gasteiger partial charge in [-0.25, -0.2) is 0 Å². The highest BCUT2D eigenvalue weighted by Crippen LogP contribution is 2.54. The maximum atomic E-state index is 4.00. The zero-order valence-corrected chi connectivity index (χ0v) is 20.2. The number of aromatic amines is 1. The third-order valence-electron chi connectivity index (χ3n) is 8.85. The number of rotatable bonds is 5. The summed E-state index contributed by atoms with van der Waals surface area (Å²) in [6.45, 7) is 11.1. The van der Waals surface area contributed by atoms with E-state index in [-0.39, 0.29) is 0 Å². The summed E-state index contributed by atoms with van der Waals surface area (Å²) in [7, 11) is 0. The molecule has 2 atom stereocenters. The van der Waals surface area contributed by atoms with Crippen molar-refractivity contribution >= 4 is 16.6 Å². The van der Waals surface area contributed by atoms with Gasteiger partial charge in [0.15, 0.2) is 0 Å². The fourth-order valence-electron chi connectivity index (χ4n) is 6.73. The van der Waals surface area contributed by atoms with Gasteiger partial charge in [0.25, 0.3) is 0 Å². The SMILES string of the molecule is C=CC1CCN(c2ccc(C3c4[nH]c5ccccc5c4C[C@@H](C)N3C3(CC)CC3)cc2)CC1. The van der Waals surface area contributed by atoms with E-state index in [0.717, 1.165) is 19.5 Å². The molecular weight excluding hydrogens is 402 g/mol. The quantitative estimate of drug-likeness (QED) is 0.439. The number of piperidine rings is 1. The average molecular weight is 440 g/mol. The molecule has 1 aromatic heterocycles. The summed E-state index contributed by atoms with van der Waals surface area (Å²) >= 11 is 0. The van der Waals surface area contributed by atoms with E-state index < -0.39 is 0 Å². The van der Waals surface area contributed by atoms with Crippen molar-refractivity contribution in [2.45, 2.75) is 70.0 Å². The molecule has 0 amide bonds. The number of nitrogens with zero attached hydrogens (tertiary/aromatic N) is 2. The second-order valence-corrected chi connectivity index (χ2v) is 10.7. The van der Waals surface area contributed by atoms with Crippen molar-refractivity contribution in [1.29, 1.82) is 0 Å². The average Bonchev–Trinajstić information content (AvgIpc) is 3.58. The molecule has 3 heterocycles. The second-order valence-electron chi connectivity index (χ2n) is 10.7. The van der Waals surface area contributed by atoms with Crippen LogP contribution in [-0.4, -0.2) is 34.6 Å². The van der Waals surface area contributed by atoms with Crippen LogP contribution in [0.15, 0.2) is 61.2 Å². The first-order valence-electron chi connectivity index (χ1n) is 13.0. The molecule has 172 valence electrons. The van der Waals surface area contributed by atoms with E-state index >= 15 is 0 Å². The predicted octanol–water partition coefficient (Wildman–Crippen LogP) is 6.85. The topological polar surface area (TPSA) is 22.3 Å². The van der Waals surface area contributed by atoms with Crippen LogP contribution < -0.4 is 4.90 Å². The van der Waals surface area contributed by atoms with Crippen LogP contribution in [0.25, 0.3) is 10.9 Å². The first-order valence-corrected chi connectivity index (χ1v) is 13.0. The van der Waals surface area contributed by atoms with Crippen molar-refractivity contribution in [2.24, 2.45) is 5.92 Å². The van der Waals surface area contributed by atoms with Gasteiger partial charge in [0, 0.05) is 47.0 Å². The highest BCUT2D eigenvalue weighted by Gasteiger charge is 2.53. The smallest absolute Gasteiger partial charge is 0.0764 e. The van der Waals surface area contributed by atoms with E-state index in [2.05, 4.69) is 89.8 Å². The fourth-order valence-corrected chi connectivity index (χ4v) is 6.73. The number of nitrogens with one attached hydrogen (secondary N) is 1. The van der Waals surface area contributed by atoms with Crippen LogP contribution in [0.2, 0.25) is 0 Å². The molecular formula is C30H37N3. The van der Waals surface area contributed by atoms with Crippen molar-refractivity contribution in [3.8, 4) is 0 Å². The van der Waals surface area contributed by atoms with Gasteiger partial charge in [-0.3, -0.25) is 4.90 Å².